The van der Waals surface area contributed by atoms with Gasteiger partial charge in [-0.3, -0.25) is 28.3 Å². The van der Waals surface area contributed by atoms with Gasteiger partial charge >= 0.3 is 11.4 Å². The van der Waals surface area contributed by atoms with Crippen LogP contribution in [0, 0.1) is 0 Å². The Bertz CT molecular complexity index is 1960. The van der Waals surface area contributed by atoms with E-state index in [-0.39, 0.29) is 11.1 Å². The van der Waals surface area contributed by atoms with Gasteiger partial charge in [0.05, 0.1) is 23.9 Å². The van der Waals surface area contributed by atoms with Gasteiger partial charge < -0.3 is 9.59 Å². The summed E-state index contributed by atoms with van der Waals surface area (Å²) in [6.45, 7) is -1.25. The number of carbonyl (C=O) groups is 4. The third-order valence-corrected chi connectivity index (χ3v) is 6.17. The lowest BCUT2D eigenvalue weighted by Gasteiger charge is -2.14. The number of fused-ring (bicyclic) bond motifs is 2. The van der Waals surface area contributed by atoms with E-state index in [0.29, 0.717) is 21.7 Å². The molecule has 3 heterocycles. The molecule has 0 bridgehead atoms. The summed E-state index contributed by atoms with van der Waals surface area (Å²) < 4.78 is 2.09. The first-order valence-electron chi connectivity index (χ1n) is 11.7. The van der Waals surface area contributed by atoms with Crippen LogP contribution in [-0.4, -0.2) is 47.6 Å². The van der Waals surface area contributed by atoms with Crippen molar-refractivity contribution in [3.05, 3.63) is 120 Å². The van der Waals surface area contributed by atoms with Gasteiger partial charge in [-0.05, 0) is 30.3 Å². The van der Waals surface area contributed by atoms with Gasteiger partial charge in [-0.2, -0.15) is 9.13 Å². The Balaban J connectivity index is 1.93. The van der Waals surface area contributed by atoms with Crippen LogP contribution >= 0.6 is 0 Å². The largest absolute Gasteiger partial charge is 0.340 e. The molecule has 13 nitrogen and oxygen atoms in total. The molecule has 2 aromatic carbocycles. The summed E-state index contributed by atoms with van der Waals surface area (Å²) in [7, 11) is 0. The van der Waals surface area contributed by atoms with Crippen LogP contribution < -0.4 is 22.5 Å². The quantitative estimate of drug-likeness (QED) is 0.210. The summed E-state index contributed by atoms with van der Waals surface area (Å²) >= 11 is 0. The Hall–Kier alpha value is -5.85. The lowest BCUT2D eigenvalue weighted by atomic mass is 10.2. The molecule has 5 aromatic rings. The second kappa shape index (κ2) is 10.1. The summed E-state index contributed by atoms with van der Waals surface area (Å²) in [5, 5.41) is -0.823. The van der Waals surface area contributed by atoms with E-state index in [4.69, 9.17) is 0 Å². The Morgan fingerprint density at radius 2 is 1.00 bits per heavy atom. The minimum absolute atomic E-state index is 0.00286. The van der Waals surface area contributed by atoms with Gasteiger partial charge in [-0.25, -0.2) is 14.6 Å². The molecular formula is C27H17N5O8. The zero-order chi connectivity index (χ0) is 28.6. The first-order valence-corrected chi connectivity index (χ1v) is 11.7. The highest BCUT2D eigenvalue weighted by Crippen LogP contribution is 2.14. The van der Waals surface area contributed by atoms with Gasteiger partial charge in [0, 0.05) is 11.1 Å². The second-order valence-corrected chi connectivity index (χ2v) is 8.47. The highest BCUT2D eigenvalue weighted by molar-refractivity contribution is 5.99. The fraction of sp³-hybridized carbons (Fsp3) is 0.0741. The van der Waals surface area contributed by atoms with Gasteiger partial charge in [0.1, 0.15) is 12.6 Å². The van der Waals surface area contributed by atoms with E-state index in [0.717, 1.165) is 15.2 Å². The molecule has 13 heteroatoms. The molecule has 0 spiro atoms. The minimum Gasteiger partial charge on any atom is -0.301 e. The molecule has 0 saturated carbocycles. The van der Waals surface area contributed by atoms with Crippen LogP contribution in [0.15, 0.2) is 85.9 Å². The van der Waals surface area contributed by atoms with Gasteiger partial charge in [0.15, 0.2) is 11.3 Å². The second-order valence-electron chi connectivity index (χ2n) is 8.47. The molecule has 0 saturated heterocycles. The third kappa shape index (κ3) is 4.01. The molecule has 0 N–H and O–H groups in total. The molecule has 0 aliphatic carbocycles. The highest BCUT2D eigenvalue weighted by atomic mass is 16.2. The molecule has 0 unspecified atom stereocenters. The van der Waals surface area contributed by atoms with E-state index < -0.39 is 69.5 Å². The number of benzene rings is 2. The van der Waals surface area contributed by atoms with Gasteiger partial charge in [-0.1, -0.05) is 36.4 Å². The van der Waals surface area contributed by atoms with Crippen molar-refractivity contribution in [2.45, 2.75) is 13.1 Å². The number of aldehydes is 2. The first kappa shape index (κ1) is 25.8. The van der Waals surface area contributed by atoms with Crippen LogP contribution in [0.4, 0.5) is 0 Å². The molecule has 0 amide bonds. The van der Waals surface area contributed by atoms with Crippen molar-refractivity contribution < 1.29 is 19.2 Å². The molecule has 3 aromatic heterocycles. The van der Waals surface area contributed by atoms with Crippen molar-refractivity contribution in [2.24, 2.45) is 0 Å². The van der Waals surface area contributed by atoms with Crippen molar-refractivity contribution in [1.29, 1.82) is 0 Å². The van der Waals surface area contributed by atoms with E-state index in [1.165, 1.54) is 48.5 Å². The molecule has 40 heavy (non-hydrogen) atoms. The smallest absolute Gasteiger partial charge is 0.301 e. The van der Waals surface area contributed by atoms with Crippen molar-refractivity contribution in [2.75, 3.05) is 0 Å². The van der Waals surface area contributed by atoms with Crippen molar-refractivity contribution in [3.63, 3.8) is 0 Å². The summed E-state index contributed by atoms with van der Waals surface area (Å²) in [5.74, 6) is -1.97. The van der Waals surface area contributed by atoms with Gasteiger partial charge in [0.2, 0.25) is 0 Å². The number of aromatic nitrogens is 5. The van der Waals surface area contributed by atoms with Gasteiger partial charge in [-0.15, -0.1) is 0 Å². The number of rotatable bonds is 6. The number of nitrogens with zero attached hydrogens (tertiary/aromatic N) is 5. The van der Waals surface area contributed by atoms with Crippen molar-refractivity contribution >= 4 is 46.5 Å². The molecule has 0 radical (unpaired) electrons. The zero-order valence-electron chi connectivity index (χ0n) is 20.4. The third-order valence-electron chi connectivity index (χ3n) is 6.17. The Morgan fingerprint density at radius 3 is 1.35 bits per heavy atom. The zero-order valence-corrected chi connectivity index (χ0v) is 20.4. The summed E-state index contributed by atoms with van der Waals surface area (Å²) in [5.41, 5.74) is -5.44. The van der Waals surface area contributed by atoms with E-state index in [2.05, 4.69) is 4.98 Å². The van der Waals surface area contributed by atoms with E-state index in [9.17, 15) is 38.4 Å². The predicted octanol–water partition coefficient (Wildman–Crippen LogP) is -0.190. The first-order chi connectivity index (χ1) is 19.3. The minimum atomic E-state index is -1.18. The van der Waals surface area contributed by atoms with Crippen LogP contribution in [0.3, 0.4) is 0 Å². The lowest BCUT2D eigenvalue weighted by Crippen LogP contribution is -2.46. The van der Waals surface area contributed by atoms with Gasteiger partial charge in [0.25, 0.3) is 22.9 Å². The van der Waals surface area contributed by atoms with Crippen LogP contribution in [-0.2, 0) is 22.7 Å². The maximum atomic E-state index is 13.5. The molecule has 198 valence electrons. The molecule has 0 fully saturated rings. The molecule has 0 aliphatic rings. The number of hydrogen-bond donors (Lipinski definition) is 0. The van der Waals surface area contributed by atoms with E-state index >= 15 is 0 Å². The standard InChI is InChI=1S/C27H17N5O8/c33-13-11-29-20-18(24(37)31(26(29)39)22(35)16-7-3-1-4-8-16)15-19-21(28-20)30(12-14-34)27(40)32(25(19)38)23(36)17-9-5-2-6-10-17/h1-10,13-15H,11-12H2. The van der Waals surface area contributed by atoms with Crippen LogP contribution in [0.25, 0.3) is 22.1 Å². The van der Waals surface area contributed by atoms with Crippen molar-refractivity contribution in [3.8, 4) is 0 Å². The Kier molecular flexibility index (Phi) is 6.53. The number of hydrogen-bond acceptors (Lipinski definition) is 9. The van der Waals surface area contributed by atoms with Crippen LogP contribution in [0.5, 0.6) is 0 Å². The fourth-order valence-electron chi connectivity index (χ4n) is 4.31. The SMILES string of the molecule is O=CCn1c(=O)n(C(=O)c2ccccc2)c(=O)c2cc3c(=O)n(C(=O)c4ccccc4)c(=O)n(CC=O)c3nc21. The molecule has 0 atom stereocenters. The topological polar surface area (TPSA) is 169 Å². The van der Waals surface area contributed by atoms with Crippen molar-refractivity contribution in [1.82, 2.24) is 23.3 Å². The molecule has 0 aliphatic heterocycles. The molecule has 5 rings (SSSR count). The highest BCUT2D eigenvalue weighted by Gasteiger charge is 2.25. The average molecular weight is 539 g/mol. The maximum absolute atomic E-state index is 13.5. The number of carbonyl (C=O) groups excluding carboxylic acids is 4. The monoisotopic (exact) mass is 539 g/mol. The van der Waals surface area contributed by atoms with Crippen LogP contribution in [0.2, 0.25) is 0 Å². The summed E-state index contributed by atoms with van der Waals surface area (Å²) in [6.07, 6.45) is 0.674. The van der Waals surface area contributed by atoms with E-state index in [1.54, 1.807) is 12.1 Å². The predicted molar refractivity (Wildman–Crippen MR) is 141 cm³/mol. The number of pyridine rings is 1. The summed E-state index contributed by atoms with van der Waals surface area (Å²) in [4.78, 5) is 107. The summed E-state index contributed by atoms with van der Waals surface area (Å²) in [6, 6.07) is 15.9. The fourth-order valence-corrected chi connectivity index (χ4v) is 4.31. The van der Waals surface area contributed by atoms with Crippen LogP contribution in [0.1, 0.15) is 20.7 Å². The average Bonchev–Trinajstić information content (AvgIpc) is 2.97. The van der Waals surface area contributed by atoms with E-state index in [1.807, 2.05) is 0 Å². The Morgan fingerprint density at radius 1 is 0.625 bits per heavy atom. The molecular weight excluding hydrogens is 522 g/mol. The maximum Gasteiger partial charge on any atom is 0.340 e. The normalized spacial score (nSPS) is 11.0. The lowest BCUT2D eigenvalue weighted by molar-refractivity contribution is -0.109. The Labute approximate surface area is 221 Å².